The summed E-state index contributed by atoms with van der Waals surface area (Å²) < 4.78 is 11.4. The summed E-state index contributed by atoms with van der Waals surface area (Å²) in [6.45, 7) is 7.90. The molecular formula is C23H36O6. The van der Waals surface area contributed by atoms with Crippen LogP contribution in [0.15, 0.2) is 24.3 Å². The van der Waals surface area contributed by atoms with Crippen LogP contribution in [-0.4, -0.2) is 48.1 Å². The second-order valence-corrected chi connectivity index (χ2v) is 7.99. The predicted molar refractivity (Wildman–Crippen MR) is 111 cm³/mol. The van der Waals surface area contributed by atoms with Crippen molar-refractivity contribution in [2.24, 2.45) is 17.8 Å². The van der Waals surface area contributed by atoms with Gasteiger partial charge in [-0.3, -0.25) is 9.59 Å². The number of rotatable bonds is 5. The highest BCUT2D eigenvalue weighted by Crippen LogP contribution is 2.30. The smallest absolute Gasteiger partial charge is 0.308 e. The summed E-state index contributed by atoms with van der Waals surface area (Å²) in [6.07, 6.45) is 7.79. The maximum absolute atomic E-state index is 12.5. The Morgan fingerprint density at radius 3 is 2.62 bits per heavy atom. The van der Waals surface area contributed by atoms with Gasteiger partial charge in [-0.25, -0.2) is 0 Å². The van der Waals surface area contributed by atoms with E-state index in [2.05, 4.69) is 0 Å². The quantitative estimate of drug-likeness (QED) is 0.554. The number of ether oxygens (including phenoxy) is 2. The fraction of sp³-hybridized carbons (Fsp3) is 0.696. The zero-order valence-electron chi connectivity index (χ0n) is 18.1. The Morgan fingerprint density at radius 2 is 1.97 bits per heavy atom. The van der Waals surface area contributed by atoms with Crippen LogP contribution in [0.3, 0.4) is 0 Å². The zero-order chi connectivity index (χ0) is 21.8. The molecule has 1 aliphatic rings. The number of hydrogen-bond donors (Lipinski definition) is 1. The van der Waals surface area contributed by atoms with Crippen LogP contribution >= 0.6 is 0 Å². The molecule has 164 valence electrons. The maximum Gasteiger partial charge on any atom is 0.308 e. The molecule has 0 aromatic carbocycles. The lowest BCUT2D eigenvalue weighted by Crippen LogP contribution is -2.40. The van der Waals surface area contributed by atoms with E-state index in [0.29, 0.717) is 19.4 Å². The SMILES string of the molecule is CCCO[C@H]1[C@@H](CC=O)C[C@@H](C)C(=O)/C=C/C=C/C[C@@H](C)OC(=O)C[C@@H](O)[C@@H]1C. The number of carbonyl (C=O) groups excluding carboxylic acids is 3. The van der Waals surface area contributed by atoms with Crippen LogP contribution in [-0.2, 0) is 23.9 Å². The summed E-state index contributed by atoms with van der Waals surface area (Å²) in [7, 11) is 0. The molecule has 0 unspecified atom stereocenters. The molecule has 1 N–H and O–H groups in total. The molecule has 1 heterocycles. The van der Waals surface area contributed by atoms with E-state index >= 15 is 0 Å². The van der Waals surface area contributed by atoms with Crippen LogP contribution in [0.25, 0.3) is 0 Å². The molecule has 0 spiro atoms. The number of ketones is 1. The normalized spacial score (nSPS) is 34.9. The second-order valence-electron chi connectivity index (χ2n) is 7.99. The van der Waals surface area contributed by atoms with Crippen molar-refractivity contribution in [3.8, 4) is 0 Å². The molecule has 6 atom stereocenters. The third kappa shape index (κ3) is 9.05. The van der Waals surface area contributed by atoms with Gasteiger partial charge in [-0.1, -0.05) is 39.0 Å². The van der Waals surface area contributed by atoms with Gasteiger partial charge in [0.2, 0.25) is 0 Å². The van der Waals surface area contributed by atoms with Crippen molar-refractivity contribution in [1.82, 2.24) is 0 Å². The highest BCUT2D eigenvalue weighted by Gasteiger charge is 2.34. The van der Waals surface area contributed by atoms with E-state index in [-0.39, 0.29) is 42.5 Å². The summed E-state index contributed by atoms with van der Waals surface area (Å²) in [5, 5.41) is 10.7. The van der Waals surface area contributed by atoms with Crippen molar-refractivity contribution in [2.45, 2.75) is 78.1 Å². The lowest BCUT2D eigenvalue weighted by atomic mass is 9.80. The molecule has 1 rings (SSSR count). The average molecular weight is 409 g/mol. The summed E-state index contributed by atoms with van der Waals surface area (Å²) in [5.41, 5.74) is 0. The Kier molecular flexibility index (Phi) is 11.7. The van der Waals surface area contributed by atoms with Gasteiger partial charge in [-0.15, -0.1) is 0 Å². The fourth-order valence-corrected chi connectivity index (χ4v) is 3.59. The number of allylic oxidation sites excluding steroid dienone is 3. The molecule has 0 saturated carbocycles. The van der Waals surface area contributed by atoms with E-state index in [1.807, 2.05) is 26.8 Å². The predicted octanol–water partition coefficient (Wildman–Crippen LogP) is 3.42. The van der Waals surface area contributed by atoms with Crippen LogP contribution in [0.2, 0.25) is 0 Å². The largest absolute Gasteiger partial charge is 0.462 e. The number of aldehydes is 1. The Morgan fingerprint density at radius 1 is 1.24 bits per heavy atom. The lowest BCUT2D eigenvalue weighted by molar-refractivity contribution is -0.152. The molecule has 29 heavy (non-hydrogen) atoms. The summed E-state index contributed by atoms with van der Waals surface area (Å²) in [5.74, 6) is -1.37. The van der Waals surface area contributed by atoms with Gasteiger partial charge in [0, 0.05) is 31.3 Å². The van der Waals surface area contributed by atoms with Crippen LogP contribution in [0.4, 0.5) is 0 Å². The number of cyclic esters (lactones) is 1. The summed E-state index contributed by atoms with van der Waals surface area (Å²) in [6, 6.07) is 0. The summed E-state index contributed by atoms with van der Waals surface area (Å²) >= 11 is 0. The van der Waals surface area contributed by atoms with Gasteiger partial charge in [0.25, 0.3) is 0 Å². The Labute approximate surface area is 174 Å². The van der Waals surface area contributed by atoms with Crippen molar-refractivity contribution in [2.75, 3.05) is 6.61 Å². The Bertz CT molecular complexity index is 582. The van der Waals surface area contributed by atoms with Crippen molar-refractivity contribution >= 4 is 18.0 Å². The Hall–Kier alpha value is -1.79. The minimum absolute atomic E-state index is 0.0143. The minimum Gasteiger partial charge on any atom is -0.462 e. The minimum atomic E-state index is -0.958. The van der Waals surface area contributed by atoms with E-state index in [9.17, 15) is 19.5 Å². The zero-order valence-corrected chi connectivity index (χ0v) is 18.1. The molecule has 0 bridgehead atoms. The molecule has 0 aromatic rings. The van der Waals surface area contributed by atoms with E-state index in [0.717, 1.165) is 12.7 Å². The van der Waals surface area contributed by atoms with Gasteiger partial charge in [0.05, 0.1) is 18.6 Å². The van der Waals surface area contributed by atoms with Crippen molar-refractivity contribution < 1.29 is 29.0 Å². The summed E-state index contributed by atoms with van der Waals surface area (Å²) in [4.78, 5) is 36.0. The molecule has 0 amide bonds. The topological polar surface area (TPSA) is 89.9 Å². The van der Waals surface area contributed by atoms with Gasteiger partial charge in [0.15, 0.2) is 5.78 Å². The molecule has 0 fully saturated rings. The third-order valence-electron chi connectivity index (χ3n) is 5.33. The van der Waals surface area contributed by atoms with Crippen molar-refractivity contribution in [3.63, 3.8) is 0 Å². The van der Waals surface area contributed by atoms with Gasteiger partial charge in [0.1, 0.15) is 12.4 Å². The van der Waals surface area contributed by atoms with E-state index in [4.69, 9.17) is 9.47 Å². The standard InChI is InChI=1S/C23H36O6/c1-5-13-28-23-18(4)21(26)15-22(27)29-17(3)9-7-6-8-10-20(25)16(2)14-19(23)11-12-24/h6-8,10,12,16-19,21,23,26H,5,9,11,13-15H2,1-4H3/b7-6+,10-8+/t16-,17-,18+,19+,21-,23-/m1/s1. The van der Waals surface area contributed by atoms with E-state index in [1.165, 1.54) is 6.08 Å². The third-order valence-corrected chi connectivity index (χ3v) is 5.33. The number of carbonyl (C=O) groups is 3. The molecule has 0 saturated heterocycles. The highest BCUT2D eigenvalue weighted by atomic mass is 16.5. The Balaban J connectivity index is 3.16. The first-order chi connectivity index (χ1) is 13.8. The number of aliphatic hydroxyl groups excluding tert-OH is 1. The van der Waals surface area contributed by atoms with Crippen LogP contribution < -0.4 is 0 Å². The van der Waals surface area contributed by atoms with Crippen molar-refractivity contribution in [3.05, 3.63) is 24.3 Å². The van der Waals surface area contributed by atoms with E-state index in [1.54, 1.807) is 19.1 Å². The fourth-order valence-electron chi connectivity index (χ4n) is 3.59. The molecule has 1 aliphatic heterocycles. The van der Waals surface area contributed by atoms with Crippen LogP contribution in [0.1, 0.15) is 59.8 Å². The van der Waals surface area contributed by atoms with Crippen LogP contribution in [0.5, 0.6) is 0 Å². The first-order valence-electron chi connectivity index (χ1n) is 10.6. The van der Waals surface area contributed by atoms with Gasteiger partial charge in [-0.2, -0.15) is 0 Å². The molecule has 6 nitrogen and oxygen atoms in total. The lowest BCUT2D eigenvalue weighted by Gasteiger charge is -2.34. The second kappa shape index (κ2) is 13.4. The first-order valence-corrected chi connectivity index (χ1v) is 10.6. The maximum atomic E-state index is 12.5. The number of hydrogen-bond acceptors (Lipinski definition) is 6. The van der Waals surface area contributed by atoms with Gasteiger partial charge >= 0.3 is 5.97 Å². The highest BCUT2D eigenvalue weighted by molar-refractivity contribution is 5.91. The molecular weight excluding hydrogens is 372 g/mol. The van der Waals surface area contributed by atoms with E-state index < -0.39 is 18.2 Å². The molecule has 0 aliphatic carbocycles. The average Bonchev–Trinajstić information content (AvgIpc) is 2.66. The monoisotopic (exact) mass is 408 g/mol. The molecule has 6 heteroatoms. The molecule has 0 aromatic heterocycles. The number of esters is 1. The number of aliphatic hydroxyl groups is 1. The van der Waals surface area contributed by atoms with Crippen molar-refractivity contribution in [1.29, 1.82) is 0 Å². The van der Waals surface area contributed by atoms with Gasteiger partial charge in [-0.05, 0) is 31.8 Å². The van der Waals surface area contributed by atoms with Crippen LogP contribution in [0, 0.1) is 17.8 Å². The first kappa shape index (κ1) is 25.2. The molecule has 0 radical (unpaired) electrons. The van der Waals surface area contributed by atoms with Gasteiger partial charge < -0.3 is 19.4 Å².